The molecule has 146 valence electrons. The van der Waals surface area contributed by atoms with Crippen molar-refractivity contribution in [2.45, 2.75) is 18.3 Å². The number of hydrogen-bond donors (Lipinski definition) is 2. The highest BCUT2D eigenvalue weighted by atomic mass is 16.5. The molecule has 0 aromatic carbocycles. The standard InChI is InChI=1S/C20H19N7O2/c1-22-17-13-8-23-15(20(5-6-20)19(21)28)7-12(13)14(9-24-17)18-25-16-4-3-11(29-2)10-27(16)26-18/h3-4,7-10H,5-6H2,1-2H3,(H2,21,28)(H,22,24). The van der Waals surface area contributed by atoms with E-state index in [2.05, 4.69) is 25.4 Å². The van der Waals surface area contributed by atoms with Gasteiger partial charge in [0.1, 0.15) is 11.6 Å². The maximum atomic E-state index is 12.0. The average molecular weight is 389 g/mol. The first-order valence-electron chi connectivity index (χ1n) is 9.23. The van der Waals surface area contributed by atoms with Gasteiger partial charge in [-0.3, -0.25) is 9.78 Å². The van der Waals surface area contributed by atoms with Crippen LogP contribution >= 0.6 is 0 Å². The number of rotatable bonds is 5. The third-order valence-electron chi connectivity index (χ3n) is 5.50. The summed E-state index contributed by atoms with van der Waals surface area (Å²) >= 11 is 0. The number of nitrogens with two attached hydrogens (primary N) is 1. The molecule has 29 heavy (non-hydrogen) atoms. The van der Waals surface area contributed by atoms with Gasteiger partial charge in [0.15, 0.2) is 11.5 Å². The van der Waals surface area contributed by atoms with E-state index in [4.69, 9.17) is 10.5 Å². The lowest BCUT2D eigenvalue weighted by Crippen LogP contribution is -2.29. The third-order valence-corrected chi connectivity index (χ3v) is 5.50. The summed E-state index contributed by atoms with van der Waals surface area (Å²) in [5.41, 5.74) is 7.10. The highest BCUT2D eigenvalue weighted by Crippen LogP contribution is 2.48. The molecule has 0 aliphatic heterocycles. The number of methoxy groups -OCH3 is 1. The van der Waals surface area contributed by atoms with E-state index in [9.17, 15) is 4.79 Å². The Morgan fingerprint density at radius 1 is 1.24 bits per heavy atom. The molecular weight excluding hydrogens is 370 g/mol. The predicted molar refractivity (Wildman–Crippen MR) is 108 cm³/mol. The van der Waals surface area contributed by atoms with Gasteiger partial charge in [-0.2, -0.15) is 0 Å². The van der Waals surface area contributed by atoms with Crippen LogP contribution in [0, 0.1) is 0 Å². The molecule has 4 aromatic heterocycles. The normalized spacial score (nSPS) is 14.8. The number of aromatic nitrogens is 5. The van der Waals surface area contributed by atoms with Crippen molar-refractivity contribution in [3.63, 3.8) is 0 Å². The Morgan fingerprint density at radius 2 is 2.07 bits per heavy atom. The van der Waals surface area contributed by atoms with E-state index >= 15 is 0 Å². The van der Waals surface area contributed by atoms with Crippen LogP contribution in [0.2, 0.25) is 0 Å². The van der Waals surface area contributed by atoms with Gasteiger partial charge in [-0.15, -0.1) is 5.10 Å². The monoisotopic (exact) mass is 389 g/mol. The molecule has 0 bridgehead atoms. The van der Waals surface area contributed by atoms with Gasteiger partial charge in [0, 0.05) is 35.8 Å². The van der Waals surface area contributed by atoms with Crippen LogP contribution in [0.15, 0.2) is 36.8 Å². The minimum atomic E-state index is -0.672. The van der Waals surface area contributed by atoms with E-state index in [0.717, 1.165) is 16.3 Å². The molecule has 0 spiro atoms. The van der Waals surface area contributed by atoms with E-state index in [1.165, 1.54) is 0 Å². The number of carbonyl (C=O) groups is 1. The maximum Gasteiger partial charge on any atom is 0.229 e. The Hall–Kier alpha value is -3.75. The number of amides is 1. The van der Waals surface area contributed by atoms with Crippen molar-refractivity contribution in [2.24, 2.45) is 5.73 Å². The number of nitrogens with zero attached hydrogens (tertiary/aromatic N) is 5. The molecule has 3 N–H and O–H groups in total. The van der Waals surface area contributed by atoms with Gasteiger partial charge in [0.25, 0.3) is 0 Å². The van der Waals surface area contributed by atoms with Crippen molar-refractivity contribution < 1.29 is 9.53 Å². The van der Waals surface area contributed by atoms with Crippen LogP contribution in [0.5, 0.6) is 5.75 Å². The summed E-state index contributed by atoms with van der Waals surface area (Å²) in [6.07, 6.45) is 6.66. The molecule has 0 unspecified atom stereocenters. The van der Waals surface area contributed by atoms with Crippen molar-refractivity contribution in [3.05, 3.63) is 42.5 Å². The van der Waals surface area contributed by atoms with Crippen LogP contribution < -0.4 is 15.8 Å². The zero-order valence-electron chi connectivity index (χ0n) is 16.0. The Kier molecular flexibility index (Phi) is 3.67. The molecule has 4 heterocycles. The first-order chi connectivity index (χ1) is 14.1. The van der Waals surface area contributed by atoms with Crippen LogP contribution in [0.1, 0.15) is 18.5 Å². The molecule has 5 rings (SSSR count). The highest BCUT2D eigenvalue weighted by Gasteiger charge is 2.51. The Balaban J connectivity index is 1.74. The summed E-state index contributed by atoms with van der Waals surface area (Å²) in [5, 5.41) is 9.36. The van der Waals surface area contributed by atoms with Gasteiger partial charge in [-0.05, 0) is 31.0 Å². The number of hydrogen-bond acceptors (Lipinski definition) is 7. The summed E-state index contributed by atoms with van der Waals surface area (Å²) in [4.78, 5) is 25.6. The maximum absolute atomic E-state index is 12.0. The SMILES string of the molecule is CNc1ncc(-c2nc3ccc(OC)cn3n2)c2cc(C3(C(N)=O)CC3)ncc12. The van der Waals surface area contributed by atoms with E-state index < -0.39 is 5.41 Å². The highest BCUT2D eigenvalue weighted by molar-refractivity contribution is 6.01. The van der Waals surface area contributed by atoms with E-state index in [0.29, 0.717) is 41.6 Å². The largest absolute Gasteiger partial charge is 0.495 e. The number of primary amides is 1. The van der Waals surface area contributed by atoms with Crippen LogP contribution in [0.25, 0.3) is 27.8 Å². The number of ether oxygens (including phenoxy) is 1. The van der Waals surface area contributed by atoms with Gasteiger partial charge < -0.3 is 15.8 Å². The fraction of sp³-hybridized carbons (Fsp3) is 0.250. The lowest BCUT2D eigenvalue weighted by Gasteiger charge is -2.13. The second-order valence-corrected chi connectivity index (χ2v) is 7.14. The molecule has 1 saturated carbocycles. The summed E-state index contributed by atoms with van der Waals surface area (Å²) in [7, 11) is 3.41. The molecule has 9 nitrogen and oxygen atoms in total. The average Bonchev–Trinajstić information content (AvgIpc) is 3.46. The Morgan fingerprint density at radius 3 is 2.76 bits per heavy atom. The fourth-order valence-corrected chi connectivity index (χ4v) is 3.63. The third kappa shape index (κ3) is 2.58. The quantitative estimate of drug-likeness (QED) is 0.535. The second-order valence-electron chi connectivity index (χ2n) is 7.14. The van der Waals surface area contributed by atoms with Crippen molar-refractivity contribution in [1.82, 2.24) is 24.6 Å². The minimum Gasteiger partial charge on any atom is -0.495 e. The lowest BCUT2D eigenvalue weighted by molar-refractivity contribution is -0.120. The molecule has 1 aliphatic carbocycles. The van der Waals surface area contributed by atoms with Gasteiger partial charge in [0.05, 0.1) is 24.4 Å². The lowest BCUT2D eigenvalue weighted by atomic mass is 9.97. The molecule has 9 heteroatoms. The van der Waals surface area contributed by atoms with Crippen molar-refractivity contribution >= 4 is 28.1 Å². The van der Waals surface area contributed by atoms with Crippen LogP contribution in [0.3, 0.4) is 0 Å². The number of nitrogens with one attached hydrogen (secondary N) is 1. The van der Waals surface area contributed by atoms with Crippen LogP contribution in [0.4, 0.5) is 5.82 Å². The number of carbonyl (C=O) groups excluding carboxylic acids is 1. The number of anilines is 1. The Labute approximate surface area is 165 Å². The van der Waals surface area contributed by atoms with Gasteiger partial charge in [-0.1, -0.05) is 0 Å². The first-order valence-corrected chi connectivity index (χ1v) is 9.23. The first kappa shape index (κ1) is 17.4. The number of pyridine rings is 3. The molecule has 1 fully saturated rings. The number of fused-ring (bicyclic) bond motifs is 2. The minimum absolute atomic E-state index is 0.341. The van der Waals surface area contributed by atoms with Crippen LogP contribution in [-0.4, -0.2) is 44.6 Å². The van der Waals surface area contributed by atoms with Gasteiger partial charge in [0.2, 0.25) is 5.91 Å². The zero-order chi connectivity index (χ0) is 20.2. The fourth-order valence-electron chi connectivity index (χ4n) is 3.63. The predicted octanol–water partition coefficient (Wildman–Crippen LogP) is 1.91. The van der Waals surface area contributed by atoms with E-state index in [-0.39, 0.29) is 5.91 Å². The van der Waals surface area contributed by atoms with Crippen molar-refractivity contribution in [2.75, 3.05) is 19.5 Å². The summed E-state index contributed by atoms with van der Waals surface area (Å²) in [5.74, 6) is 1.56. The van der Waals surface area contributed by atoms with Gasteiger partial charge in [-0.25, -0.2) is 14.5 Å². The van der Waals surface area contributed by atoms with Crippen LogP contribution in [-0.2, 0) is 10.2 Å². The Bertz CT molecular complexity index is 1280. The smallest absolute Gasteiger partial charge is 0.229 e. The zero-order valence-corrected chi connectivity index (χ0v) is 16.0. The molecule has 1 amide bonds. The van der Waals surface area contributed by atoms with Gasteiger partial charge >= 0.3 is 0 Å². The molecule has 0 atom stereocenters. The summed E-state index contributed by atoms with van der Waals surface area (Å²) in [6.45, 7) is 0. The van der Waals surface area contributed by atoms with E-state index in [1.54, 1.807) is 37.3 Å². The topological polar surface area (TPSA) is 120 Å². The van der Waals surface area contributed by atoms with Crippen molar-refractivity contribution in [1.29, 1.82) is 0 Å². The summed E-state index contributed by atoms with van der Waals surface area (Å²) in [6, 6.07) is 5.59. The molecular formula is C20H19N7O2. The van der Waals surface area contributed by atoms with Crippen molar-refractivity contribution in [3.8, 4) is 17.1 Å². The molecule has 0 radical (unpaired) electrons. The molecule has 1 aliphatic rings. The molecule has 4 aromatic rings. The molecule has 0 saturated heterocycles. The van der Waals surface area contributed by atoms with E-state index in [1.807, 2.05) is 18.2 Å². The summed E-state index contributed by atoms with van der Waals surface area (Å²) < 4.78 is 6.93. The second kappa shape index (κ2) is 6.13.